The molecule has 0 rings (SSSR count). The molecule has 0 aromatic heterocycles. The van der Waals surface area contributed by atoms with Gasteiger partial charge in [0.1, 0.15) is 0 Å². The second-order valence-corrected chi connectivity index (χ2v) is 3.05. The third kappa shape index (κ3) is 2.75. The Morgan fingerprint density at radius 3 is 2.00 bits per heavy atom. The lowest BCUT2D eigenvalue weighted by atomic mass is 10.2. The molecule has 0 spiro atoms. The van der Waals surface area contributed by atoms with Crippen molar-refractivity contribution in [1.82, 2.24) is 0 Å². The zero-order chi connectivity index (χ0) is 7.44. The molecule has 0 aromatic carbocycles. The first kappa shape index (κ1) is 8.82. The third-order valence-corrected chi connectivity index (χ3v) is 2.18. The van der Waals surface area contributed by atoms with Gasteiger partial charge in [-0.1, -0.05) is 25.6 Å². The fraction of sp³-hybridized carbons (Fsp3) is 0.833. The molecule has 0 aliphatic rings. The zero-order valence-corrected chi connectivity index (χ0v) is 7.20. The maximum Gasteiger partial charge on any atom is 0.262 e. The molecule has 54 valence electrons. The van der Waals surface area contributed by atoms with E-state index in [-0.39, 0.29) is 0 Å². The number of nitrogens with zero attached hydrogens (tertiary/aromatic N) is 1. The van der Waals surface area contributed by atoms with E-state index < -0.39 is 0 Å². The van der Waals surface area contributed by atoms with Gasteiger partial charge >= 0.3 is 0 Å². The van der Waals surface area contributed by atoms with Gasteiger partial charge in [0.15, 0.2) is 7.05 Å². The second kappa shape index (κ2) is 3.77. The SMILES string of the molecule is CS/C(C(C)C)=[N+](/C)O. The van der Waals surface area contributed by atoms with Gasteiger partial charge in [-0.3, -0.25) is 5.21 Å². The maximum atomic E-state index is 8.96. The monoisotopic (exact) mass is 148 g/mol. The van der Waals surface area contributed by atoms with Crippen LogP contribution in [-0.4, -0.2) is 28.3 Å². The molecule has 0 aromatic rings. The molecule has 0 amide bonds. The van der Waals surface area contributed by atoms with Crippen LogP contribution in [0.5, 0.6) is 0 Å². The quantitative estimate of drug-likeness (QED) is 0.200. The van der Waals surface area contributed by atoms with Crippen LogP contribution >= 0.6 is 11.8 Å². The number of hydroxylamine groups is 1. The Balaban J connectivity index is 4.16. The standard InChI is InChI=1S/C6H14NOS/c1-5(2)6(9-4)7(3)8/h5,8H,1-4H3/q+1/b7-6-. The van der Waals surface area contributed by atoms with E-state index in [0.717, 1.165) is 5.04 Å². The van der Waals surface area contributed by atoms with E-state index in [0.29, 0.717) is 5.92 Å². The minimum Gasteiger partial charge on any atom is -0.290 e. The van der Waals surface area contributed by atoms with Crippen LogP contribution in [-0.2, 0) is 0 Å². The first-order valence-electron chi connectivity index (χ1n) is 2.93. The lowest BCUT2D eigenvalue weighted by molar-refractivity contribution is -0.753. The number of hydrogen-bond donors (Lipinski definition) is 1. The third-order valence-electron chi connectivity index (χ3n) is 1.02. The van der Waals surface area contributed by atoms with E-state index in [4.69, 9.17) is 5.21 Å². The van der Waals surface area contributed by atoms with Gasteiger partial charge in [-0.05, 0) is 11.0 Å². The first-order valence-corrected chi connectivity index (χ1v) is 4.15. The van der Waals surface area contributed by atoms with Gasteiger partial charge in [0.05, 0.1) is 0 Å². The summed E-state index contributed by atoms with van der Waals surface area (Å²) in [5.74, 6) is 0.412. The van der Waals surface area contributed by atoms with Crippen LogP contribution in [0.15, 0.2) is 0 Å². The van der Waals surface area contributed by atoms with Crippen molar-refractivity contribution in [3.63, 3.8) is 0 Å². The van der Waals surface area contributed by atoms with Crippen LogP contribution in [0.2, 0.25) is 0 Å². The lowest BCUT2D eigenvalue weighted by Crippen LogP contribution is -2.15. The smallest absolute Gasteiger partial charge is 0.262 e. The van der Waals surface area contributed by atoms with Crippen molar-refractivity contribution >= 4 is 16.8 Å². The van der Waals surface area contributed by atoms with Gasteiger partial charge in [-0.2, -0.15) is 0 Å². The predicted octanol–water partition coefficient (Wildman–Crippen LogP) is 1.44. The van der Waals surface area contributed by atoms with Gasteiger partial charge in [0.2, 0.25) is 0 Å². The number of thioether (sulfide) groups is 1. The van der Waals surface area contributed by atoms with Crippen LogP contribution in [0.1, 0.15) is 13.8 Å². The molecule has 0 aliphatic heterocycles. The lowest BCUT2D eigenvalue weighted by Gasteiger charge is -1.99. The molecule has 0 fully saturated rings. The normalized spacial score (nSPS) is 13.9. The summed E-state index contributed by atoms with van der Waals surface area (Å²) in [4.78, 5) is 0. The Morgan fingerprint density at radius 1 is 1.56 bits per heavy atom. The molecule has 0 bridgehead atoms. The van der Waals surface area contributed by atoms with Crippen LogP contribution in [0.4, 0.5) is 0 Å². The maximum absolute atomic E-state index is 8.96. The fourth-order valence-electron chi connectivity index (χ4n) is 0.741. The summed E-state index contributed by atoms with van der Waals surface area (Å²) < 4.78 is 1.18. The van der Waals surface area contributed by atoms with E-state index >= 15 is 0 Å². The molecule has 0 atom stereocenters. The van der Waals surface area contributed by atoms with Crippen molar-refractivity contribution in [2.24, 2.45) is 5.92 Å². The molecule has 2 nitrogen and oxygen atoms in total. The molecule has 3 heteroatoms. The van der Waals surface area contributed by atoms with Gasteiger partial charge in [-0.15, -0.1) is 0 Å². The van der Waals surface area contributed by atoms with Crippen LogP contribution < -0.4 is 0 Å². The van der Waals surface area contributed by atoms with Crippen molar-refractivity contribution in [3.05, 3.63) is 0 Å². The predicted molar refractivity (Wildman–Crippen MR) is 41.3 cm³/mol. The topological polar surface area (TPSA) is 23.2 Å². The summed E-state index contributed by atoms with van der Waals surface area (Å²) in [6.07, 6.45) is 1.96. The molecular formula is C6H14NOS+. The molecule has 0 radical (unpaired) electrons. The molecular weight excluding hydrogens is 134 g/mol. The Labute approximate surface area is 60.5 Å². The molecule has 0 aliphatic carbocycles. The van der Waals surface area contributed by atoms with Crippen molar-refractivity contribution < 1.29 is 9.95 Å². The molecule has 1 N–H and O–H groups in total. The highest BCUT2D eigenvalue weighted by atomic mass is 32.2. The van der Waals surface area contributed by atoms with Gasteiger partial charge < -0.3 is 0 Å². The van der Waals surface area contributed by atoms with Gasteiger partial charge in [0.25, 0.3) is 5.04 Å². The Hall–Kier alpha value is -0.180. The fourth-order valence-corrected chi connectivity index (χ4v) is 1.48. The first-order chi connectivity index (χ1) is 4.09. The highest BCUT2D eigenvalue weighted by molar-refractivity contribution is 8.13. The highest BCUT2D eigenvalue weighted by Gasteiger charge is 2.13. The van der Waals surface area contributed by atoms with E-state index in [2.05, 4.69) is 13.8 Å². The summed E-state index contributed by atoms with van der Waals surface area (Å²) in [6.45, 7) is 4.11. The minimum absolute atomic E-state index is 0.412. The number of rotatable bonds is 1. The Kier molecular flexibility index (Phi) is 3.70. The average molecular weight is 148 g/mol. The van der Waals surface area contributed by atoms with E-state index in [9.17, 15) is 0 Å². The van der Waals surface area contributed by atoms with E-state index in [1.54, 1.807) is 18.8 Å². The van der Waals surface area contributed by atoms with Crippen molar-refractivity contribution in [3.8, 4) is 0 Å². The Bertz CT molecular complexity index is 116. The summed E-state index contributed by atoms with van der Waals surface area (Å²) in [6, 6.07) is 0. The largest absolute Gasteiger partial charge is 0.290 e. The zero-order valence-electron chi connectivity index (χ0n) is 6.38. The van der Waals surface area contributed by atoms with Gasteiger partial charge in [0, 0.05) is 5.92 Å². The summed E-state index contributed by atoms with van der Waals surface area (Å²) >= 11 is 1.58. The second-order valence-electron chi connectivity index (χ2n) is 2.22. The summed E-state index contributed by atoms with van der Waals surface area (Å²) in [5.41, 5.74) is 0. The summed E-state index contributed by atoms with van der Waals surface area (Å²) in [5, 5.41) is 9.95. The minimum atomic E-state index is 0.412. The molecule has 0 unspecified atom stereocenters. The van der Waals surface area contributed by atoms with E-state index in [1.807, 2.05) is 6.26 Å². The van der Waals surface area contributed by atoms with Crippen molar-refractivity contribution in [2.75, 3.05) is 13.3 Å². The molecule has 0 saturated carbocycles. The number of hydrogen-bond acceptors (Lipinski definition) is 2. The summed E-state index contributed by atoms with van der Waals surface area (Å²) in [7, 11) is 1.64. The molecule has 0 heterocycles. The molecule has 9 heavy (non-hydrogen) atoms. The van der Waals surface area contributed by atoms with Crippen LogP contribution in [0, 0.1) is 5.92 Å². The van der Waals surface area contributed by atoms with Gasteiger partial charge in [-0.25, -0.2) is 0 Å². The highest BCUT2D eigenvalue weighted by Crippen LogP contribution is 2.06. The molecule has 0 saturated heterocycles. The van der Waals surface area contributed by atoms with Crippen LogP contribution in [0.25, 0.3) is 0 Å². The Morgan fingerprint density at radius 2 is 2.00 bits per heavy atom. The van der Waals surface area contributed by atoms with Crippen LogP contribution in [0.3, 0.4) is 0 Å². The van der Waals surface area contributed by atoms with Crippen molar-refractivity contribution in [1.29, 1.82) is 0 Å². The van der Waals surface area contributed by atoms with Crippen molar-refractivity contribution in [2.45, 2.75) is 13.8 Å². The van der Waals surface area contributed by atoms with E-state index in [1.165, 1.54) is 4.74 Å². The average Bonchev–Trinajstić information content (AvgIpc) is 1.64.